The fourth-order valence-electron chi connectivity index (χ4n) is 1.82. The number of hydrogen-bond donors (Lipinski definition) is 0. The zero-order chi connectivity index (χ0) is 16.0. The molecule has 2 aromatic rings. The summed E-state index contributed by atoms with van der Waals surface area (Å²) >= 11 is 0. The van der Waals surface area contributed by atoms with Crippen molar-refractivity contribution < 1.29 is 17.5 Å². The highest BCUT2D eigenvalue weighted by Gasteiger charge is 2.14. The molecule has 0 aliphatic carbocycles. The van der Waals surface area contributed by atoms with Crippen LogP contribution < -0.4 is 4.74 Å². The molecule has 0 N–H and O–H groups in total. The van der Waals surface area contributed by atoms with Gasteiger partial charge in [0.2, 0.25) is 0 Å². The first-order valence-corrected chi connectivity index (χ1v) is 8.28. The smallest absolute Gasteiger partial charge is 0.178 e. The van der Waals surface area contributed by atoms with Gasteiger partial charge in [0.1, 0.15) is 11.6 Å². The molecule has 0 bridgehead atoms. The average Bonchev–Trinajstić information content (AvgIpc) is 2.52. The molecule has 0 amide bonds. The number of nitrogens with zero attached hydrogens (tertiary/aromatic N) is 1. The van der Waals surface area contributed by atoms with Crippen molar-refractivity contribution in [2.24, 2.45) is 0 Å². The van der Waals surface area contributed by atoms with Crippen LogP contribution in [-0.4, -0.2) is 20.8 Å². The van der Waals surface area contributed by atoms with Crippen molar-refractivity contribution >= 4 is 9.84 Å². The molecule has 6 heteroatoms. The molecule has 0 saturated carbocycles. The monoisotopic (exact) mass is 319 g/mol. The molecule has 0 aliphatic rings. The Kier molecular flexibility index (Phi) is 5.12. The average molecular weight is 319 g/mol. The first-order chi connectivity index (χ1) is 10.5. The third kappa shape index (κ3) is 4.30. The summed E-state index contributed by atoms with van der Waals surface area (Å²) in [5, 5.41) is 8.68. The second-order valence-corrected chi connectivity index (χ2v) is 6.72. The van der Waals surface area contributed by atoms with E-state index in [2.05, 4.69) is 0 Å². The van der Waals surface area contributed by atoms with Gasteiger partial charge in [0, 0.05) is 0 Å². The lowest BCUT2D eigenvalue weighted by Crippen LogP contribution is -2.10. The van der Waals surface area contributed by atoms with Gasteiger partial charge in [-0.2, -0.15) is 5.26 Å². The molecule has 0 unspecified atom stereocenters. The van der Waals surface area contributed by atoms with E-state index in [1.54, 1.807) is 24.3 Å². The van der Waals surface area contributed by atoms with Crippen LogP contribution in [0.2, 0.25) is 0 Å². The lowest BCUT2D eigenvalue weighted by Gasteiger charge is -2.07. The van der Waals surface area contributed by atoms with Crippen molar-refractivity contribution in [2.75, 3.05) is 12.4 Å². The van der Waals surface area contributed by atoms with Crippen LogP contribution in [0.1, 0.15) is 12.0 Å². The van der Waals surface area contributed by atoms with Crippen molar-refractivity contribution in [3.8, 4) is 11.8 Å². The highest BCUT2D eigenvalue weighted by atomic mass is 32.2. The summed E-state index contributed by atoms with van der Waals surface area (Å²) in [5.41, 5.74) is 0.534. The third-order valence-corrected chi connectivity index (χ3v) is 4.80. The fourth-order valence-corrected chi connectivity index (χ4v) is 3.11. The predicted octanol–water partition coefficient (Wildman–Crippen LogP) is 2.94. The number of hydrogen-bond acceptors (Lipinski definition) is 4. The summed E-state index contributed by atoms with van der Waals surface area (Å²) in [6.07, 6.45) is 0.319. The molecule has 0 fully saturated rings. The van der Waals surface area contributed by atoms with E-state index >= 15 is 0 Å². The molecular weight excluding hydrogens is 305 g/mol. The largest absolute Gasteiger partial charge is 0.494 e. The molecule has 0 saturated heterocycles. The Balaban J connectivity index is 1.85. The van der Waals surface area contributed by atoms with Gasteiger partial charge >= 0.3 is 0 Å². The molecule has 0 heterocycles. The molecule has 4 nitrogen and oxygen atoms in total. The minimum absolute atomic E-state index is 0.0745. The summed E-state index contributed by atoms with van der Waals surface area (Å²) in [6, 6.07) is 13.3. The number of benzene rings is 2. The standard InChI is InChI=1S/C16H14FNO3S/c17-14-4-8-16(9-5-14)22(19,20)11-1-10-21-15-6-2-13(12-18)3-7-15/h2-9H,1,10-11H2. The fraction of sp³-hybridized carbons (Fsp3) is 0.188. The molecule has 2 rings (SSSR count). The van der Waals surface area contributed by atoms with Crippen molar-refractivity contribution in [1.82, 2.24) is 0 Å². The minimum Gasteiger partial charge on any atom is -0.494 e. The molecule has 0 spiro atoms. The molecular formula is C16H14FNO3S. The van der Waals surface area contributed by atoms with Gasteiger partial charge in [0.15, 0.2) is 9.84 Å². The van der Waals surface area contributed by atoms with Crippen molar-refractivity contribution in [2.45, 2.75) is 11.3 Å². The quantitative estimate of drug-likeness (QED) is 0.606. The summed E-state index contributed by atoms with van der Waals surface area (Å²) in [5.74, 6) is 0.0378. The second kappa shape index (κ2) is 7.05. The SMILES string of the molecule is N#Cc1ccc(OCCCS(=O)(=O)c2ccc(F)cc2)cc1. The van der Waals surface area contributed by atoms with E-state index < -0.39 is 15.7 Å². The molecule has 0 aromatic heterocycles. The van der Waals surface area contributed by atoms with Gasteiger partial charge < -0.3 is 4.74 Å². The van der Waals surface area contributed by atoms with Crippen LogP contribution in [0.3, 0.4) is 0 Å². The van der Waals surface area contributed by atoms with Crippen LogP contribution >= 0.6 is 0 Å². The Morgan fingerprint density at radius 1 is 1.05 bits per heavy atom. The van der Waals surface area contributed by atoms with Gasteiger partial charge in [0.05, 0.1) is 28.9 Å². The Morgan fingerprint density at radius 2 is 1.68 bits per heavy atom. The Bertz CT molecular complexity index is 763. The van der Waals surface area contributed by atoms with Crippen molar-refractivity contribution in [1.29, 1.82) is 5.26 Å². The Labute approximate surface area is 128 Å². The van der Waals surface area contributed by atoms with E-state index in [4.69, 9.17) is 10.00 Å². The first-order valence-electron chi connectivity index (χ1n) is 6.62. The topological polar surface area (TPSA) is 67.2 Å². The van der Waals surface area contributed by atoms with Gasteiger partial charge in [0.25, 0.3) is 0 Å². The summed E-state index contributed by atoms with van der Waals surface area (Å²) in [6.45, 7) is 0.242. The maximum absolute atomic E-state index is 12.8. The lowest BCUT2D eigenvalue weighted by molar-refractivity contribution is 0.317. The van der Waals surface area contributed by atoms with Gasteiger partial charge in [-0.15, -0.1) is 0 Å². The molecule has 0 radical (unpaired) electrons. The highest BCUT2D eigenvalue weighted by Crippen LogP contribution is 2.14. The van der Waals surface area contributed by atoms with E-state index in [1.807, 2.05) is 6.07 Å². The van der Waals surface area contributed by atoms with E-state index in [9.17, 15) is 12.8 Å². The van der Waals surface area contributed by atoms with Gasteiger partial charge in [-0.1, -0.05) is 0 Å². The molecule has 0 aliphatic heterocycles. The van der Waals surface area contributed by atoms with Crippen LogP contribution in [0.5, 0.6) is 5.75 Å². The zero-order valence-electron chi connectivity index (χ0n) is 11.7. The summed E-state index contributed by atoms with van der Waals surface area (Å²) < 4.78 is 42.3. The predicted molar refractivity (Wildman–Crippen MR) is 79.7 cm³/mol. The number of rotatable bonds is 6. The second-order valence-electron chi connectivity index (χ2n) is 4.61. The minimum atomic E-state index is -3.43. The molecule has 22 heavy (non-hydrogen) atoms. The van der Waals surface area contributed by atoms with E-state index in [0.29, 0.717) is 17.7 Å². The zero-order valence-corrected chi connectivity index (χ0v) is 12.5. The van der Waals surface area contributed by atoms with Gasteiger partial charge in [-0.3, -0.25) is 0 Å². The summed E-state index contributed by atoms with van der Waals surface area (Å²) in [7, 11) is -3.43. The van der Waals surface area contributed by atoms with E-state index in [0.717, 1.165) is 12.1 Å². The number of nitriles is 1. The molecule has 0 atom stereocenters. The van der Waals surface area contributed by atoms with Crippen LogP contribution in [-0.2, 0) is 9.84 Å². The van der Waals surface area contributed by atoms with E-state index in [-0.39, 0.29) is 17.3 Å². The maximum atomic E-state index is 12.8. The van der Waals surface area contributed by atoms with E-state index in [1.165, 1.54) is 12.1 Å². The highest BCUT2D eigenvalue weighted by molar-refractivity contribution is 7.91. The van der Waals surface area contributed by atoms with Crippen molar-refractivity contribution in [3.63, 3.8) is 0 Å². The lowest BCUT2D eigenvalue weighted by atomic mass is 10.2. The normalized spacial score (nSPS) is 10.9. The van der Waals surface area contributed by atoms with Crippen LogP contribution in [0.4, 0.5) is 4.39 Å². The van der Waals surface area contributed by atoms with Crippen LogP contribution in [0.15, 0.2) is 53.4 Å². The Hall–Kier alpha value is -2.39. The number of sulfone groups is 1. The summed E-state index contributed by atoms with van der Waals surface area (Å²) in [4.78, 5) is 0.104. The molecule has 2 aromatic carbocycles. The third-order valence-electron chi connectivity index (χ3n) is 2.98. The first kappa shape index (κ1) is 16.0. The van der Waals surface area contributed by atoms with Crippen LogP contribution in [0, 0.1) is 17.1 Å². The van der Waals surface area contributed by atoms with Crippen molar-refractivity contribution in [3.05, 3.63) is 59.9 Å². The van der Waals surface area contributed by atoms with Gasteiger partial charge in [-0.25, -0.2) is 12.8 Å². The Morgan fingerprint density at radius 3 is 2.27 bits per heavy atom. The van der Waals surface area contributed by atoms with Gasteiger partial charge in [-0.05, 0) is 55.0 Å². The number of ether oxygens (including phenoxy) is 1. The maximum Gasteiger partial charge on any atom is 0.178 e. The molecule has 114 valence electrons. The number of halogens is 1. The van der Waals surface area contributed by atoms with Crippen LogP contribution in [0.25, 0.3) is 0 Å².